The lowest BCUT2D eigenvalue weighted by molar-refractivity contribution is -0.122. The number of amides is 3. The van der Waals surface area contributed by atoms with Gasteiger partial charge in [0, 0.05) is 44.3 Å². The average Bonchev–Trinajstić information content (AvgIpc) is 3.40. The highest BCUT2D eigenvalue weighted by Gasteiger charge is 2.28. The molecule has 2 heterocycles. The third-order valence-corrected chi connectivity index (χ3v) is 8.10. The monoisotopic (exact) mass is 512 g/mol. The van der Waals surface area contributed by atoms with Gasteiger partial charge in [0.2, 0.25) is 15.9 Å². The number of aromatic nitrogens is 2. The first-order chi connectivity index (χ1) is 17.5. The first-order valence-corrected chi connectivity index (χ1v) is 13.8. The van der Waals surface area contributed by atoms with E-state index in [0.717, 1.165) is 30.7 Å². The van der Waals surface area contributed by atoms with Gasteiger partial charge in [0.25, 0.3) is 11.8 Å². The number of anilines is 1. The van der Waals surface area contributed by atoms with Crippen LogP contribution in [0.4, 0.5) is 5.69 Å². The third-order valence-electron chi connectivity index (χ3n) is 7.19. The summed E-state index contributed by atoms with van der Waals surface area (Å²) < 4.78 is 0. The molecule has 0 atom stereocenters. The van der Waals surface area contributed by atoms with Crippen molar-refractivity contribution in [1.82, 2.24) is 25.3 Å². The Balaban J connectivity index is 1.16. The Kier molecular flexibility index (Phi) is 9.41. The maximum Gasteiger partial charge on any atom is 0.286 e. The van der Waals surface area contributed by atoms with Crippen molar-refractivity contribution in [3.05, 3.63) is 40.3 Å². The fraction of sp³-hybridized carbons (Fsp3) is 0.577. The zero-order valence-electron chi connectivity index (χ0n) is 20.9. The van der Waals surface area contributed by atoms with Gasteiger partial charge in [0.05, 0.1) is 0 Å². The largest absolute Gasteiger partial charge is 0.355 e. The van der Waals surface area contributed by atoms with Crippen LogP contribution in [0, 0.1) is 5.92 Å². The minimum atomic E-state index is -0.382. The van der Waals surface area contributed by atoms with Gasteiger partial charge in [-0.15, -0.1) is 10.2 Å². The summed E-state index contributed by atoms with van der Waals surface area (Å²) in [6, 6.07) is 9.74. The molecule has 0 spiro atoms. The van der Waals surface area contributed by atoms with E-state index in [1.165, 1.54) is 32.1 Å². The molecule has 0 radical (unpaired) electrons. The van der Waals surface area contributed by atoms with Crippen LogP contribution >= 0.6 is 11.3 Å². The summed E-state index contributed by atoms with van der Waals surface area (Å²) in [6.45, 7) is 2.72. The van der Waals surface area contributed by atoms with E-state index in [-0.39, 0.29) is 33.7 Å². The molecule has 4 rings (SSSR count). The molecule has 1 aromatic carbocycles. The Labute approximate surface area is 216 Å². The molecular formula is C26H36N6O3S. The summed E-state index contributed by atoms with van der Waals surface area (Å²) >= 11 is 1.00. The van der Waals surface area contributed by atoms with Crippen molar-refractivity contribution < 1.29 is 14.4 Å². The van der Waals surface area contributed by atoms with Crippen molar-refractivity contribution in [1.29, 1.82) is 0 Å². The van der Waals surface area contributed by atoms with Crippen LogP contribution in [0.3, 0.4) is 0 Å². The molecule has 0 bridgehead atoms. The predicted octanol–water partition coefficient (Wildman–Crippen LogP) is 3.41. The maximum atomic E-state index is 12.9. The minimum Gasteiger partial charge on any atom is -0.355 e. The number of nitrogens with zero attached hydrogens (tertiary/aromatic N) is 4. The highest BCUT2D eigenvalue weighted by Crippen LogP contribution is 2.24. The minimum absolute atomic E-state index is 0.0926. The van der Waals surface area contributed by atoms with E-state index >= 15 is 0 Å². The van der Waals surface area contributed by atoms with Crippen molar-refractivity contribution in [3.63, 3.8) is 0 Å². The highest BCUT2D eigenvalue weighted by molar-refractivity contribution is 7.15. The molecular weight excluding hydrogens is 476 g/mol. The summed E-state index contributed by atoms with van der Waals surface area (Å²) in [5, 5.41) is 14.1. The van der Waals surface area contributed by atoms with Gasteiger partial charge in [0.15, 0.2) is 0 Å². The number of carbonyl (C=O) groups is 3. The van der Waals surface area contributed by atoms with E-state index in [0.29, 0.717) is 37.8 Å². The molecule has 194 valence electrons. The van der Waals surface area contributed by atoms with Crippen molar-refractivity contribution in [2.24, 2.45) is 5.92 Å². The molecule has 1 saturated heterocycles. The van der Waals surface area contributed by atoms with Crippen molar-refractivity contribution in [2.45, 2.75) is 57.4 Å². The van der Waals surface area contributed by atoms with E-state index in [2.05, 4.69) is 32.8 Å². The Morgan fingerprint density at radius 2 is 1.69 bits per heavy atom. The van der Waals surface area contributed by atoms with Crippen molar-refractivity contribution in [2.75, 3.05) is 38.5 Å². The number of benzene rings is 1. The van der Waals surface area contributed by atoms with E-state index in [1.54, 1.807) is 17.0 Å². The SMILES string of the molecule is CN(CCNC(=O)CC1CCN(C(=O)c2nnc(C(=O)Nc3ccccc3)s2)CC1)C1CCCCC1. The number of para-hydroxylation sites is 1. The van der Waals surface area contributed by atoms with Gasteiger partial charge < -0.3 is 20.4 Å². The topological polar surface area (TPSA) is 108 Å². The molecule has 1 saturated carbocycles. The van der Waals surface area contributed by atoms with Gasteiger partial charge in [-0.2, -0.15) is 0 Å². The predicted molar refractivity (Wildman–Crippen MR) is 140 cm³/mol. The summed E-state index contributed by atoms with van der Waals surface area (Å²) in [7, 11) is 2.16. The second-order valence-corrected chi connectivity index (χ2v) is 10.8. The molecule has 36 heavy (non-hydrogen) atoms. The molecule has 1 aliphatic carbocycles. The van der Waals surface area contributed by atoms with Crippen LogP contribution in [0.25, 0.3) is 0 Å². The second-order valence-electron chi connectivity index (χ2n) is 9.79. The Morgan fingerprint density at radius 1 is 1.00 bits per heavy atom. The zero-order chi connectivity index (χ0) is 25.3. The molecule has 2 aromatic rings. The van der Waals surface area contributed by atoms with Crippen LogP contribution in [0.15, 0.2) is 30.3 Å². The molecule has 3 amide bonds. The number of hydrogen-bond donors (Lipinski definition) is 2. The second kappa shape index (κ2) is 12.9. The number of carbonyl (C=O) groups excluding carboxylic acids is 3. The summed E-state index contributed by atoms with van der Waals surface area (Å²) in [5.41, 5.74) is 0.660. The number of piperidine rings is 1. The summed E-state index contributed by atoms with van der Waals surface area (Å²) in [6.07, 6.45) is 8.56. The fourth-order valence-corrected chi connectivity index (χ4v) is 5.70. The molecule has 1 aliphatic heterocycles. The number of hydrogen-bond acceptors (Lipinski definition) is 7. The van der Waals surface area contributed by atoms with Crippen LogP contribution in [-0.2, 0) is 4.79 Å². The molecule has 2 fully saturated rings. The Morgan fingerprint density at radius 3 is 2.42 bits per heavy atom. The van der Waals surface area contributed by atoms with E-state index in [9.17, 15) is 14.4 Å². The van der Waals surface area contributed by atoms with Crippen LogP contribution in [-0.4, -0.2) is 77.0 Å². The number of rotatable bonds is 9. The van der Waals surface area contributed by atoms with Gasteiger partial charge in [0.1, 0.15) is 0 Å². The Bertz CT molecular complexity index is 1020. The van der Waals surface area contributed by atoms with Crippen LogP contribution in [0.1, 0.15) is 71.0 Å². The van der Waals surface area contributed by atoms with Gasteiger partial charge in [-0.25, -0.2) is 0 Å². The number of likely N-dealkylation sites (N-methyl/N-ethyl adjacent to an activating group) is 1. The summed E-state index contributed by atoms with van der Waals surface area (Å²) in [4.78, 5) is 41.8. The first kappa shape index (κ1) is 26.2. The number of likely N-dealkylation sites (tertiary alicyclic amines) is 1. The molecule has 10 heteroatoms. The van der Waals surface area contributed by atoms with E-state index in [4.69, 9.17) is 0 Å². The molecule has 2 N–H and O–H groups in total. The van der Waals surface area contributed by atoms with Crippen LogP contribution < -0.4 is 10.6 Å². The van der Waals surface area contributed by atoms with E-state index in [1.807, 2.05) is 18.2 Å². The fourth-order valence-electron chi connectivity index (χ4n) is 4.99. The van der Waals surface area contributed by atoms with Gasteiger partial charge >= 0.3 is 0 Å². The maximum absolute atomic E-state index is 12.9. The van der Waals surface area contributed by atoms with Gasteiger partial charge in [-0.05, 0) is 50.8 Å². The summed E-state index contributed by atoms with van der Waals surface area (Å²) in [5.74, 6) is -0.228. The normalized spacial score (nSPS) is 17.2. The highest BCUT2D eigenvalue weighted by atomic mass is 32.1. The van der Waals surface area contributed by atoms with Crippen molar-refractivity contribution >= 4 is 34.7 Å². The zero-order valence-corrected chi connectivity index (χ0v) is 21.8. The van der Waals surface area contributed by atoms with Gasteiger partial charge in [-0.3, -0.25) is 14.4 Å². The van der Waals surface area contributed by atoms with Gasteiger partial charge in [-0.1, -0.05) is 48.8 Å². The lowest BCUT2D eigenvalue weighted by atomic mass is 9.93. The lowest BCUT2D eigenvalue weighted by Crippen LogP contribution is -2.41. The molecule has 9 nitrogen and oxygen atoms in total. The number of nitrogens with one attached hydrogen (secondary N) is 2. The Hall–Kier alpha value is -2.85. The molecule has 0 unspecified atom stereocenters. The standard InChI is InChI=1S/C26H36N6O3S/c1-31(21-10-6-3-7-11-21)17-14-27-22(33)18-19-12-15-32(16-13-19)26(35)25-30-29-24(36-25)23(34)28-20-8-4-2-5-9-20/h2,4-5,8-9,19,21H,3,6-7,10-18H2,1H3,(H,27,33)(H,28,34). The van der Waals surface area contributed by atoms with Crippen LogP contribution in [0.5, 0.6) is 0 Å². The first-order valence-electron chi connectivity index (χ1n) is 13.0. The lowest BCUT2D eigenvalue weighted by Gasteiger charge is -2.32. The van der Waals surface area contributed by atoms with Crippen molar-refractivity contribution in [3.8, 4) is 0 Å². The van der Waals surface area contributed by atoms with E-state index < -0.39 is 0 Å². The molecule has 1 aromatic heterocycles. The van der Waals surface area contributed by atoms with Crippen LogP contribution in [0.2, 0.25) is 0 Å². The molecule has 2 aliphatic rings. The quantitative estimate of drug-likeness (QED) is 0.533. The smallest absolute Gasteiger partial charge is 0.286 e. The third kappa shape index (κ3) is 7.33. The average molecular weight is 513 g/mol.